The fourth-order valence-electron chi connectivity index (χ4n) is 4.22. The van der Waals surface area contributed by atoms with Crippen molar-refractivity contribution in [3.8, 4) is 0 Å². The minimum absolute atomic E-state index is 0.176. The third kappa shape index (κ3) is 2.90. The van der Waals surface area contributed by atoms with Crippen LogP contribution in [0.1, 0.15) is 24.8 Å². The number of hydrogen-bond acceptors (Lipinski definition) is 4. The summed E-state index contributed by atoms with van der Waals surface area (Å²) in [6.07, 6.45) is 4.93. The number of aryl methyl sites for hydroxylation is 1. The Morgan fingerprint density at radius 1 is 1.30 bits per heavy atom. The molecule has 6 heteroatoms. The smallest absolute Gasteiger partial charge is 0.226 e. The van der Waals surface area contributed by atoms with Gasteiger partial charge >= 0.3 is 0 Å². The lowest BCUT2D eigenvalue weighted by Gasteiger charge is -2.34. The van der Waals surface area contributed by atoms with E-state index in [1.165, 1.54) is 5.56 Å². The Labute approximate surface area is 137 Å². The Morgan fingerprint density at radius 3 is 2.78 bits per heavy atom. The summed E-state index contributed by atoms with van der Waals surface area (Å²) >= 11 is 0. The van der Waals surface area contributed by atoms with Crippen molar-refractivity contribution in [2.45, 2.75) is 25.3 Å². The molecule has 4 atom stereocenters. The Kier molecular flexibility index (Phi) is 3.89. The van der Waals surface area contributed by atoms with Crippen molar-refractivity contribution in [1.29, 1.82) is 0 Å². The van der Waals surface area contributed by atoms with Gasteiger partial charge in [-0.05, 0) is 23.8 Å². The van der Waals surface area contributed by atoms with Gasteiger partial charge in [-0.2, -0.15) is 5.10 Å². The van der Waals surface area contributed by atoms with Crippen molar-refractivity contribution in [2.75, 3.05) is 39.4 Å². The van der Waals surface area contributed by atoms with Crippen molar-refractivity contribution in [1.82, 2.24) is 19.6 Å². The predicted octanol–water partition coefficient (Wildman–Crippen LogP) is 0.703. The molecule has 1 aromatic rings. The van der Waals surface area contributed by atoms with E-state index in [0.29, 0.717) is 23.8 Å². The molecule has 1 amide bonds. The molecule has 126 valence electrons. The molecular weight excluding hydrogens is 292 g/mol. The quantitative estimate of drug-likeness (QED) is 0.823. The van der Waals surface area contributed by atoms with Crippen LogP contribution < -0.4 is 0 Å². The van der Waals surface area contributed by atoms with E-state index in [4.69, 9.17) is 4.74 Å². The summed E-state index contributed by atoms with van der Waals surface area (Å²) in [5.41, 5.74) is 1.21. The van der Waals surface area contributed by atoms with E-state index in [0.717, 1.165) is 45.8 Å². The van der Waals surface area contributed by atoms with Gasteiger partial charge < -0.3 is 9.64 Å². The van der Waals surface area contributed by atoms with Crippen molar-refractivity contribution < 1.29 is 9.53 Å². The van der Waals surface area contributed by atoms with Crippen molar-refractivity contribution >= 4 is 5.91 Å². The fraction of sp³-hybridized carbons (Fsp3) is 0.765. The van der Waals surface area contributed by atoms with Gasteiger partial charge in [0, 0.05) is 51.4 Å². The second-order valence-electron chi connectivity index (χ2n) is 7.33. The molecule has 2 aliphatic heterocycles. The van der Waals surface area contributed by atoms with Gasteiger partial charge in [0.2, 0.25) is 5.91 Å². The molecule has 0 N–H and O–H groups in total. The summed E-state index contributed by atoms with van der Waals surface area (Å²) in [7, 11) is 1.93. The predicted molar refractivity (Wildman–Crippen MR) is 86.0 cm³/mol. The average Bonchev–Trinajstić information content (AvgIpc) is 3.09. The number of amides is 1. The van der Waals surface area contributed by atoms with E-state index in [9.17, 15) is 4.79 Å². The number of rotatable bonds is 3. The van der Waals surface area contributed by atoms with Crippen molar-refractivity contribution in [2.24, 2.45) is 18.9 Å². The Bertz CT molecular complexity index is 581. The summed E-state index contributed by atoms with van der Waals surface area (Å²) in [4.78, 5) is 17.4. The van der Waals surface area contributed by atoms with Gasteiger partial charge in [0.05, 0.1) is 19.4 Å². The van der Waals surface area contributed by atoms with Crippen LogP contribution in [0.5, 0.6) is 0 Å². The molecule has 23 heavy (non-hydrogen) atoms. The molecular formula is C17H26N4O2. The topological polar surface area (TPSA) is 50.6 Å². The zero-order chi connectivity index (χ0) is 16.0. The normalized spacial score (nSPS) is 34.8. The Balaban J connectivity index is 1.36. The second-order valence-corrected chi connectivity index (χ2v) is 7.33. The number of nitrogens with zero attached hydrogens (tertiary/aromatic N) is 4. The van der Waals surface area contributed by atoms with Crippen LogP contribution in [0.25, 0.3) is 0 Å². The number of carbonyl (C=O) groups excluding carboxylic acids is 1. The summed E-state index contributed by atoms with van der Waals surface area (Å²) in [6.45, 7) is 7.70. The summed E-state index contributed by atoms with van der Waals surface area (Å²) in [5.74, 6) is 1.46. The first-order valence-corrected chi connectivity index (χ1v) is 8.72. The number of likely N-dealkylation sites (tertiary alicyclic amines) is 1. The number of hydrogen-bond donors (Lipinski definition) is 0. The van der Waals surface area contributed by atoms with Crippen LogP contribution in [0.15, 0.2) is 12.4 Å². The van der Waals surface area contributed by atoms with Crippen LogP contribution in [0, 0.1) is 11.8 Å². The van der Waals surface area contributed by atoms with Gasteiger partial charge in [-0.15, -0.1) is 0 Å². The molecule has 3 aliphatic rings. The number of carbonyl (C=O) groups is 1. The standard InChI is InChI=1S/C17H26N4O2/c1-12-9-21(11-16(12)20-3-5-23-6-4-20)17(22)15-7-14(15)13-8-18-19(2)10-13/h8,10,12,14-16H,3-7,9,11H2,1-2H3/t12-,14+,15-,16-/m1/s1. The zero-order valence-electron chi connectivity index (χ0n) is 14.0. The van der Waals surface area contributed by atoms with Gasteiger partial charge in [-0.1, -0.05) is 6.92 Å². The van der Waals surface area contributed by atoms with Gasteiger partial charge in [-0.25, -0.2) is 0 Å². The first kappa shape index (κ1) is 15.1. The molecule has 1 aromatic heterocycles. The second kappa shape index (κ2) is 5.91. The zero-order valence-corrected chi connectivity index (χ0v) is 14.0. The number of ether oxygens (including phenoxy) is 1. The van der Waals surface area contributed by atoms with Gasteiger partial charge in [0.15, 0.2) is 0 Å². The van der Waals surface area contributed by atoms with Crippen molar-refractivity contribution in [3.63, 3.8) is 0 Å². The average molecular weight is 318 g/mol. The summed E-state index contributed by atoms with van der Waals surface area (Å²) in [5, 5.41) is 4.23. The highest BCUT2D eigenvalue weighted by Crippen LogP contribution is 2.48. The molecule has 0 bridgehead atoms. The minimum Gasteiger partial charge on any atom is -0.379 e. The molecule has 0 spiro atoms. The van der Waals surface area contributed by atoms with Crippen LogP contribution in [0.4, 0.5) is 0 Å². The molecule has 6 nitrogen and oxygen atoms in total. The van der Waals surface area contributed by atoms with Crippen LogP contribution in [0.2, 0.25) is 0 Å². The van der Waals surface area contributed by atoms with Crippen LogP contribution in [0.3, 0.4) is 0 Å². The largest absolute Gasteiger partial charge is 0.379 e. The molecule has 0 aromatic carbocycles. The lowest BCUT2D eigenvalue weighted by molar-refractivity contribution is -0.131. The third-order valence-corrected chi connectivity index (χ3v) is 5.66. The summed E-state index contributed by atoms with van der Waals surface area (Å²) < 4.78 is 7.27. The minimum atomic E-state index is 0.176. The SMILES string of the molecule is C[C@@H]1CN(C(=O)[C@@H]2C[C@H]2c2cnn(C)c2)C[C@H]1N1CCOCC1. The number of aromatic nitrogens is 2. The molecule has 1 saturated carbocycles. The monoisotopic (exact) mass is 318 g/mol. The van der Waals surface area contributed by atoms with Gasteiger partial charge in [0.25, 0.3) is 0 Å². The Hall–Kier alpha value is -1.40. The first-order valence-electron chi connectivity index (χ1n) is 8.72. The number of morpholine rings is 1. The van der Waals surface area contributed by atoms with Crippen molar-refractivity contribution in [3.05, 3.63) is 18.0 Å². The van der Waals surface area contributed by atoms with E-state index in [1.54, 1.807) is 0 Å². The maximum atomic E-state index is 12.8. The van der Waals surface area contributed by atoms with E-state index in [2.05, 4.69) is 21.8 Å². The van der Waals surface area contributed by atoms with E-state index in [-0.39, 0.29) is 5.92 Å². The molecule has 3 heterocycles. The molecule has 0 unspecified atom stereocenters. The molecule has 3 fully saturated rings. The van der Waals surface area contributed by atoms with Gasteiger partial charge in [0.1, 0.15) is 0 Å². The molecule has 4 rings (SSSR count). The summed E-state index contributed by atoms with van der Waals surface area (Å²) in [6, 6.07) is 0.499. The highest BCUT2D eigenvalue weighted by atomic mass is 16.5. The highest BCUT2D eigenvalue weighted by molar-refractivity contribution is 5.83. The molecule has 2 saturated heterocycles. The highest BCUT2D eigenvalue weighted by Gasteiger charge is 2.48. The maximum Gasteiger partial charge on any atom is 0.226 e. The van der Waals surface area contributed by atoms with E-state index in [1.807, 2.05) is 24.1 Å². The molecule has 0 radical (unpaired) electrons. The maximum absolute atomic E-state index is 12.8. The van der Waals surface area contributed by atoms with Crippen LogP contribution >= 0.6 is 0 Å². The lowest BCUT2D eigenvalue weighted by Crippen LogP contribution is -2.47. The van der Waals surface area contributed by atoms with Crippen LogP contribution in [-0.2, 0) is 16.6 Å². The molecule has 1 aliphatic carbocycles. The van der Waals surface area contributed by atoms with E-state index >= 15 is 0 Å². The fourth-order valence-corrected chi connectivity index (χ4v) is 4.22. The van der Waals surface area contributed by atoms with E-state index < -0.39 is 0 Å². The Morgan fingerprint density at radius 2 is 2.09 bits per heavy atom. The van der Waals surface area contributed by atoms with Crippen LogP contribution in [-0.4, -0.2) is 70.9 Å². The lowest BCUT2D eigenvalue weighted by atomic mass is 10.0. The first-order chi connectivity index (χ1) is 11.1. The van der Waals surface area contributed by atoms with Gasteiger partial charge in [-0.3, -0.25) is 14.4 Å². The third-order valence-electron chi connectivity index (χ3n) is 5.66.